The van der Waals surface area contributed by atoms with Gasteiger partial charge in [-0.05, 0) is 29.8 Å². The lowest BCUT2D eigenvalue weighted by atomic mass is 10.2. The average molecular weight is 424 g/mol. The molecule has 0 radical (unpaired) electrons. The maximum Gasteiger partial charge on any atom is 0.246 e. The van der Waals surface area contributed by atoms with E-state index >= 15 is 0 Å². The fourth-order valence-electron chi connectivity index (χ4n) is 3.09. The van der Waals surface area contributed by atoms with Crippen molar-refractivity contribution in [3.63, 3.8) is 0 Å². The van der Waals surface area contributed by atoms with Gasteiger partial charge in [0.1, 0.15) is 15.9 Å². The van der Waals surface area contributed by atoms with E-state index in [1.54, 1.807) is 50.2 Å². The second kappa shape index (κ2) is 7.27. The van der Waals surface area contributed by atoms with Gasteiger partial charge in [0.2, 0.25) is 10.0 Å². The van der Waals surface area contributed by atoms with Gasteiger partial charge in [-0.2, -0.15) is 13.1 Å². The topological polar surface area (TPSA) is 81.6 Å². The van der Waals surface area contributed by atoms with Gasteiger partial charge in [0.25, 0.3) is 0 Å². The first kappa shape index (κ1) is 18.5. The summed E-state index contributed by atoms with van der Waals surface area (Å²) in [5, 5.41) is -0.336. The normalized spacial score (nSPS) is 18.1. The van der Waals surface area contributed by atoms with Crippen LogP contribution in [0.15, 0.2) is 41.3 Å². The minimum absolute atomic E-state index is 0.196. The van der Waals surface area contributed by atoms with E-state index < -0.39 is 10.0 Å². The lowest BCUT2D eigenvalue weighted by Gasteiger charge is -2.24. The summed E-state index contributed by atoms with van der Waals surface area (Å²) in [6.45, 7) is 0.431. The summed E-state index contributed by atoms with van der Waals surface area (Å²) < 4.78 is 47.3. The third-order valence-electron chi connectivity index (χ3n) is 4.38. The fraction of sp³-hybridized carbons (Fsp3) is 0.294. The van der Waals surface area contributed by atoms with E-state index in [-0.39, 0.29) is 10.3 Å². The van der Waals surface area contributed by atoms with Crippen molar-refractivity contribution in [3.8, 4) is 11.5 Å². The van der Waals surface area contributed by atoms with Gasteiger partial charge < -0.3 is 9.47 Å². The maximum atomic E-state index is 13.4. The molecule has 3 aromatic rings. The number of sulfonamides is 1. The van der Waals surface area contributed by atoms with Crippen molar-refractivity contribution < 1.29 is 17.9 Å². The summed E-state index contributed by atoms with van der Waals surface area (Å²) in [4.78, 5) is 0.196. The Hall–Kier alpha value is -1.88. The van der Waals surface area contributed by atoms with Crippen molar-refractivity contribution in [2.45, 2.75) is 10.3 Å². The van der Waals surface area contributed by atoms with E-state index in [2.05, 4.69) is 8.75 Å². The molecule has 2 heterocycles. The molecule has 0 amide bonds. The van der Waals surface area contributed by atoms with Gasteiger partial charge in [-0.15, -0.1) is 11.8 Å². The largest absolute Gasteiger partial charge is 0.493 e. The number of thioether (sulfide) groups is 1. The average Bonchev–Trinajstić information content (AvgIpc) is 3.36. The zero-order valence-electron chi connectivity index (χ0n) is 14.7. The van der Waals surface area contributed by atoms with E-state index in [1.165, 1.54) is 4.31 Å². The van der Waals surface area contributed by atoms with Gasteiger partial charge in [0, 0.05) is 12.3 Å². The first-order valence-corrected chi connectivity index (χ1v) is 11.3. The Bertz CT molecular complexity index is 1080. The number of methoxy groups -OCH3 is 2. The van der Waals surface area contributed by atoms with Gasteiger partial charge in [0.05, 0.1) is 31.3 Å². The SMILES string of the molecule is COc1ccc(C2SCCN2S(=O)(=O)c2cccc3nsnc23)cc1OC. The summed E-state index contributed by atoms with van der Waals surface area (Å²) in [5.74, 6) is 1.89. The highest BCUT2D eigenvalue weighted by atomic mass is 32.2. The molecule has 1 saturated heterocycles. The molecular formula is C17H17N3O4S3. The molecule has 0 N–H and O–H groups in total. The Morgan fingerprint density at radius 1 is 1.11 bits per heavy atom. The smallest absolute Gasteiger partial charge is 0.246 e. The monoisotopic (exact) mass is 423 g/mol. The van der Waals surface area contributed by atoms with Crippen molar-refractivity contribution in [1.29, 1.82) is 0 Å². The zero-order chi connectivity index (χ0) is 19.0. The molecule has 1 fully saturated rings. The van der Waals surface area contributed by atoms with Crippen molar-refractivity contribution >= 4 is 44.5 Å². The van der Waals surface area contributed by atoms with Crippen LogP contribution in [0.4, 0.5) is 0 Å². The molecule has 0 saturated carbocycles. The molecule has 27 heavy (non-hydrogen) atoms. The van der Waals surface area contributed by atoms with Gasteiger partial charge in [0.15, 0.2) is 11.5 Å². The molecule has 7 nitrogen and oxygen atoms in total. The first-order chi connectivity index (χ1) is 13.1. The van der Waals surface area contributed by atoms with Crippen LogP contribution in [0, 0.1) is 0 Å². The van der Waals surface area contributed by atoms with Crippen molar-refractivity contribution in [2.24, 2.45) is 0 Å². The highest BCUT2D eigenvalue weighted by Crippen LogP contribution is 2.44. The predicted octanol–water partition coefficient (Wildman–Crippen LogP) is 3.14. The molecule has 1 aliphatic rings. The molecule has 1 unspecified atom stereocenters. The summed E-state index contributed by atoms with van der Waals surface area (Å²) in [6, 6.07) is 10.6. The molecule has 10 heteroatoms. The van der Waals surface area contributed by atoms with Crippen molar-refractivity contribution in [3.05, 3.63) is 42.0 Å². The van der Waals surface area contributed by atoms with Gasteiger partial charge >= 0.3 is 0 Å². The number of benzene rings is 2. The molecule has 0 spiro atoms. The highest BCUT2D eigenvalue weighted by molar-refractivity contribution is 8.01. The quantitative estimate of drug-likeness (QED) is 0.623. The lowest BCUT2D eigenvalue weighted by molar-refractivity contribution is 0.353. The predicted molar refractivity (Wildman–Crippen MR) is 106 cm³/mol. The molecule has 2 aromatic carbocycles. The number of fused-ring (bicyclic) bond motifs is 1. The summed E-state index contributed by atoms with van der Waals surface area (Å²) >= 11 is 2.60. The summed E-state index contributed by atoms with van der Waals surface area (Å²) in [7, 11) is -0.589. The number of hydrogen-bond acceptors (Lipinski definition) is 8. The van der Waals surface area contributed by atoms with Crippen molar-refractivity contribution in [1.82, 2.24) is 13.1 Å². The van der Waals surface area contributed by atoms with Crippen LogP contribution in [0.1, 0.15) is 10.9 Å². The van der Waals surface area contributed by atoms with E-state index in [0.29, 0.717) is 34.8 Å². The number of aromatic nitrogens is 2. The minimum Gasteiger partial charge on any atom is -0.493 e. The number of nitrogens with zero attached hydrogens (tertiary/aromatic N) is 3. The molecule has 0 bridgehead atoms. The van der Waals surface area contributed by atoms with E-state index in [1.807, 2.05) is 12.1 Å². The van der Waals surface area contributed by atoms with E-state index in [9.17, 15) is 8.42 Å². The second-order valence-electron chi connectivity index (χ2n) is 5.84. The van der Waals surface area contributed by atoms with Crippen LogP contribution in [-0.2, 0) is 10.0 Å². The Morgan fingerprint density at radius 2 is 1.93 bits per heavy atom. The molecule has 1 aromatic heterocycles. The Morgan fingerprint density at radius 3 is 2.70 bits per heavy atom. The van der Waals surface area contributed by atoms with Crippen LogP contribution in [-0.4, -0.2) is 48.0 Å². The highest BCUT2D eigenvalue weighted by Gasteiger charge is 2.38. The molecule has 1 aliphatic heterocycles. The third-order valence-corrected chi connectivity index (χ3v) is 8.21. The molecule has 0 aliphatic carbocycles. The molecule has 4 rings (SSSR count). The number of hydrogen-bond donors (Lipinski definition) is 0. The number of rotatable bonds is 5. The van der Waals surface area contributed by atoms with Crippen LogP contribution in [0.3, 0.4) is 0 Å². The van der Waals surface area contributed by atoms with Gasteiger partial charge in [-0.1, -0.05) is 12.1 Å². The summed E-state index contributed by atoms with van der Waals surface area (Å²) in [5.41, 5.74) is 1.86. The van der Waals surface area contributed by atoms with Crippen LogP contribution >= 0.6 is 23.5 Å². The third kappa shape index (κ3) is 3.16. The standard InChI is InChI=1S/C17H17N3O4S3/c1-23-13-7-6-11(10-14(13)24-2)17-20(8-9-25-17)27(21,22)15-5-3-4-12-16(15)19-26-18-12/h3-7,10,17H,8-9H2,1-2H3. The van der Waals surface area contributed by atoms with Gasteiger partial charge in [-0.3, -0.25) is 0 Å². The van der Waals surface area contributed by atoms with Crippen LogP contribution in [0.2, 0.25) is 0 Å². The molecule has 1 atom stereocenters. The first-order valence-electron chi connectivity index (χ1n) is 8.13. The van der Waals surface area contributed by atoms with Crippen LogP contribution in [0.25, 0.3) is 11.0 Å². The Kier molecular flexibility index (Phi) is 4.97. The van der Waals surface area contributed by atoms with Crippen LogP contribution < -0.4 is 9.47 Å². The second-order valence-corrected chi connectivity index (χ2v) is 9.42. The summed E-state index contributed by atoms with van der Waals surface area (Å²) in [6.07, 6.45) is 0. The van der Waals surface area contributed by atoms with E-state index in [4.69, 9.17) is 9.47 Å². The lowest BCUT2D eigenvalue weighted by Crippen LogP contribution is -2.30. The minimum atomic E-state index is -3.72. The zero-order valence-corrected chi connectivity index (χ0v) is 17.1. The fourth-order valence-corrected chi connectivity index (χ4v) is 7.07. The van der Waals surface area contributed by atoms with Gasteiger partial charge in [-0.25, -0.2) is 8.42 Å². The van der Waals surface area contributed by atoms with E-state index in [0.717, 1.165) is 17.3 Å². The Labute approximate surface area is 165 Å². The van der Waals surface area contributed by atoms with Crippen molar-refractivity contribution in [2.75, 3.05) is 26.5 Å². The Balaban J connectivity index is 1.76. The van der Waals surface area contributed by atoms with Crippen LogP contribution in [0.5, 0.6) is 11.5 Å². The number of ether oxygens (including phenoxy) is 2. The maximum absolute atomic E-state index is 13.4. The molecule has 142 valence electrons. The molecular weight excluding hydrogens is 406 g/mol.